The molecule has 4 aromatic carbocycles. The quantitative estimate of drug-likeness (QED) is 0.358. The molecule has 0 aromatic heterocycles. The fourth-order valence-electron chi connectivity index (χ4n) is 3.88. The van der Waals surface area contributed by atoms with Gasteiger partial charge >= 0.3 is 0 Å². The first-order valence-corrected chi connectivity index (χ1v) is 10.5. The summed E-state index contributed by atoms with van der Waals surface area (Å²) in [4.78, 5) is 1.36. The first-order chi connectivity index (χ1) is 13.9. The van der Waals surface area contributed by atoms with Crippen molar-refractivity contribution in [3.63, 3.8) is 0 Å². The molecule has 0 fully saturated rings. The Bertz CT molecular complexity index is 1070. The summed E-state index contributed by atoms with van der Waals surface area (Å²) in [5.74, 6) is 0. The second kappa shape index (κ2) is 7.53. The first kappa shape index (κ1) is 17.1. The summed E-state index contributed by atoms with van der Waals surface area (Å²) in [6.45, 7) is 0. The summed E-state index contributed by atoms with van der Waals surface area (Å²) < 4.78 is 0. The molecule has 0 aliphatic carbocycles. The van der Waals surface area contributed by atoms with Crippen LogP contribution in [0.4, 0.5) is 0 Å². The number of hydrogen-bond acceptors (Lipinski definition) is 1. The molecule has 0 spiro atoms. The van der Waals surface area contributed by atoms with Crippen molar-refractivity contribution >= 4 is 22.2 Å². The zero-order chi connectivity index (χ0) is 18.8. The van der Waals surface area contributed by atoms with Crippen molar-refractivity contribution < 1.29 is 0 Å². The molecule has 1 unspecified atom stereocenters. The molecule has 0 saturated heterocycles. The summed E-state index contributed by atoms with van der Waals surface area (Å²) in [5, 5.41) is 0.329. The van der Waals surface area contributed by atoms with Crippen molar-refractivity contribution in [2.24, 2.45) is 0 Å². The van der Waals surface area contributed by atoms with E-state index in [4.69, 9.17) is 0 Å². The maximum atomic E-state index is 2.28. The number of hydrogen-bond donors (Lipinski definition) is 0. The Labute approximate surface area is 170 Å². The number of rotatable bonds is 3. The molecule has 0 nitrogen and oxygen atoms in total. The van der Waals surface area contributed by atoms with Gasteiger partial charge in [-0.3, -0.25) is 0 Å². The van der Waals surface area contributed by atoms with Gasteiger partial charge in [-0.15, -0.1) is 11.8 Å². The number of fused-ring (bicyclic) bond motifs is 1. The molecular weight excluding hydrogens is 356 g/mol. The predicted octanol–water partition coefficient (Wildman–Crippen LogP) is 7.44. The van der Waals surface area contributed by atoms with E-state index in [9.17, 15) is 0 Å². The van der Waals surface area contributed by atoms with Crippen molar-refractivity contribution in [1.82, 2.24) is 0 Å². The highest BCUT2D eigenvalue weighted by atomic mass is 32.2. The van der Waals surface area contributed by atoms with Gasteiger partial charge in [0.1, 0.15) is 0 Å². The van der Waals surface area contributed by atoms with Crippen LogP contribution in [-0.4, -0.2) is 0 Å². The molecule has 0 N–H and O–H groups in total. The minimum absolute atomic E-state index is 0.329. The number of benzene rings is 4. The van der Waals surface area contributed by atoms with Gasteiger partial charge in [0.05, 0.1) is 5.25 Å². The molecule has 1 aliphatic rings. The highest BCUT2D eigenvalue weighted by molar-refractivity contribution is 8.09. The smallest absolute Gasteiger partial charge is 0.0600 e. The van der Waals surface area contributed by atoms with Crippen LogP contribution in [0.25, 0.3) is 10.5 Å². The zero-order valence-electron chi connectivity index (χ0n) is 15.5. The zero-order valence-corrected chi connectivity index (χ0v) is 16.3. The van der Waals surface area contributed by atoms with Gasteiger partial charge in [0, 0.05) is 10.5 Å². The van der Waals surface area contributed by atoms with Crippen LogP contribution in [0.5, 0.6) is 0 Å². The maximum Gasteiger partial charge on any atom is 0.0600 e. The molecule has 28 heavy (non-hydrogen) atoms. The molecule has 4 aromatic rings. The van der Waals surface area contributed by atoms with E-state index in [-0.39, 0.29) is 0 Å². The van der Waals surface area contributed by atoms with Crippen molar-refractivity contribution in [3.8, 4) is 0 Å². The lowest BCUT2D eigenvalue weighted by Crippen LogP contribution is -1.92. The fraction of sp³-hybridized carbons (Fsp3) is 0.0370. The summed E-state index contributed by atoms with van der Waals surface area (Å²) >= 11 is 1.97. The van der Waals surface area contributed by atoms with Gasteiger partial charge in [0.25, 0.3) is 0 Å². The Balaban J connectivity index is 1.76. The first-order valence-electron chi connectivity index (χ1n) is 9.58. The van der Waals surface area contributed by atoms with Crippen LogP contribution in [0.1, 0.15) is 33.1 Å². The van der Waals surface area contributed by atoms with E-state index >= 15 is 0 Å². The topological polar surface area (TPSA) is 0 Å². The lowest BCUT2D eigenvalue weighted by molar-refractivity contribution is 1.17. The summed E-state index contributed by atoms with van der Waals surface area (Å²) in [7, 11) is 0. The van der Waals surface area contributed by atoms with E-state index in [0.717, 1.165) is 0 Å². The molecule has 134 valence electrons. The maximum absolute atomic E-state index is 2.28. The highest BCUT2D eigenvalue weighted by Crippen LogP contribution is 2.56. The lowest BCUT2D eigenvalue weighted by atomic mass is 9.93. The number of thioether (sulfide) groups is 1. The van der Waals surface area contributed by atoms with Crippen LogP contribution < -0.4 is 0 Å². The summed E-state index contributed by atoms with van der Waals surface area (Å²) in [6.07, 6.45) is 0. The van der Waals surface area contributed by atoms with Crippen LogP contribution in [0.15, 0.2) is 115 Å². The second-order valence-corrected chi connectivity index (χ2v) is 8.05. The van der Waals surface area contributed by atoms with E-state index in [2.05, 4.69) is 115 Å². The predicted molar refractivity (Wildman–Crippen MR) is 121 cm³/mol. The molecule has 5 rings (SSSR count). The van der Waals surface area contributed by atoms with Crippen LogP contribution in [-0.2, 0) is 0 Å². The lowest BCUT2D eigenvalue weighted by Gasteiger charge is -2.14. The molecule has 1 atom stereocenters. The second-order valence-electron chi connectivity index (χ2n) is 6.93. The Morgan fingerprint density at radius 1 is 0.536 bits per heavy atom. The normalized spacial score (nSPS) is 15.3. The fourth-order valence-corrected chi connectivity index (χ4v) is 5.41. The molecule has 0 radical (unpaired) electrons. The van der Waals surface area contributed by atoms with Gasteiger partial charge in [-0.25, -0.2) is 0 Å². The monoisotopic (exact) mass is 376 g/mol. The summed E-state index contributed by atoms with van der Waals surface area (Å²) in [6, 6.07) is 41.2. The Morgan fingerprint density at radius 2 is 1.04 bits per heavy atom. The van der Waals surface area contributed by atoms with Gasteiger partial charge in [0.15, 0.2) is 0 Å². The van der Waals surface area contributed by atoms with E-state index < -0.39 is 0 Å². The molecule has 0 saturated carbocycles. The third-order valence-corrected chi connectivity index (χ3v) is 6.60. The van der Waals surface area contributed by atoms with Crippen molar-refractivity contribution in [2.75, 3.05) is 0 Å². The minimum Gasteiger partial charge on any atom is -0.112 e. The highest BCUT2D eigenvalue weighted by Gasteiger charge is 2.30. The third-order valence-electron chi connectivity index (χ3n) is 5.18. The Kier molecular flexibility index (Phi) is 4.60. The molecule has 0 bridgehead atoms. The Morgan fingerprint density at radius 3 is 1.64 bits per heavy atom. The average Bonchev–Trinajstić information content (AvgIpc) is 3.16. The summed E-state index contributed by atoms with van der Waals surface area (Å²) in [5.41, 5.74) is 7.95. The van der Waals surface area contributed by atoms with Crippen LogP contribution in [0.3, 0.4) is 0 Å². The van der Waals surface area contributed by atoms with Gasteiger partial charge in [-0.05, 0) is 27.8 Å². The van der Waals surface area contributed by atoms with Crippen molar-refractivity contribution in [3.05, 3.63) is 143 Å². The molecule has 1 aliphatic heterocycles. The van der Waals surface area contributed by atoms with Gasteiger partial charge in [-0.2, -0.15) is 0 Å². The molecule has 1 heteroatoms. The van der Waals surface area contributed by atoms with Crippen LogP contribution in [0.2, 0.25) is 0 Å². The van der Waals surface area contributed by atoms with E-state index in [1.165, 1.54) is 38.3 Å². The Hall–Kier alpha value is -3.03. The standard InChI is InChI=1S/C27H20S/c1-4-12-20(13-5-1)25(21-14-6-2-7-15-21)27-24-19-11-10-18-23(24)26(28-27)22-16-8-3-9-17-22/h1-19,26H. The third kappa shape index (κ3) is 3.08. The molecule has 1 heterocycles. The molecular formula is C27H20S. The minimum atomic E-state index is 0.329. The molecule has 0 amide bonds. The average molecular weight is 377 g/mol. The van der Waals surface area contributed by atoms with Crippen LogP contribution >= 0.6 is 11.8 Å². The van der Waals surface area contributed by atoms with Gasteiger partial charge in [-0.1, -0.05) is 115 Å². The van der Waals surface area contributed by atoms with Crippen molar-refractivity contribution in [1.29, 1.82) is 0 Å². The van der Waals surface area contributed by atoms with E-state index in [1.807, 2.05) is 11.8 Å². The largest absolute Gasteiger partial charge is 0.112 e. The van der Waals surface area contributed by atoms with E-state index in [1.54, 1.807) is 0 Å². The van der Waals surface area contributed by atoms with Crippen molar-refractivity contribution in [2.45, 2.75) is 5.25 Å². The van der Waals surface area contributed by atoms with Gasteiger partial charge < -0.3 is 0 Å². The van der Waals surface area contributed by atoms with Gasteiger partial charge in [0.2, 0.25) is 0 Å². The van der Waals surface area contributed by atoms with Crippen LogP contribution in [0, 0.1) is 0 Å². The van der Waals surface area contributed by atoms with E-state index in [0.29, 0.717) is 5.25 Å². The SMILES string of the molecule is c1ccc(C(=C2SC(c3ccccc3)c3ccccc32)c2ccccc2)cc1.